The molecular formula is C9H8F2N2O5. The van der Waals surface area contributed by atoms with Crippen LogP contribution in [0.15, 0.2) is 10.9 Å². The lowest BCUT2D eigenvalue weighted by molar-refractivity contribution is -0.386. The Bertz CT molecular complexity index is 540. The van der Waals surface area contributed by atoms with Crippen molar-refractivity contribution >= 4 is 11.7 Å². The highest BCUT2D eigenvalue weighted by Gasteiger charge is 2.27. The molecule has 0 spiro atoms. The number of ether oxygens (including phenoxy) is 1. The standard InChI is InChI=1S/C9H8F2N2O5/c1-18-6(14)3-4-2-5(13(16)17)7(8(10)11)9(15)12-4/h2,8H,3H2,1H3,(H,12,15). The normalized spacial score (nSPS) is 10.4. The van der Waals surface area contributed by atoms with E-state index in [1.807, 2.05) is 4.98 Å². The average Bonchev–Trinajstić information content (AvgIpc) is 2.27. The summed E-state index contributed by atoms with van der Waals surface area (Å²) in [7, 11) is 1.09. The molecule has 1 heterocycles. The number of H-pyrrole nitrogens is 1. The van der Waals surface area contributed by atoms with Crippen molar-refractivity contribution in [2.24, 2.45) is 0 Å². The van der Waals surface area contributed by atoms with E-state index in [1.54, 1.807) is 0 Å². The third kappa shape index (κ3) is 2.87. The lowest BCUT2D eigenvalue weighted by Gasteiger charge is -2.04. The van der Waals surface area contributed by atoms with Crippen molar-refractivity contribution < 1.29 is 23.2 Å². The number of pyridine rings is 1. The molecule has 0 saturated heterocycles. The van der Waals surface area contributed by atoms with Gasteiger partial charge in [-0.3, -0.25) is 19.7 Å². The van der Waals surface area contributed by atoms with Gasteiger partial charge in [-0.05, 0) is 0 Å². The number of carbonyl (C=O) groups is 1. The van der Waals surface area contributed by atoms with Crippen LogP contribution in [0.1, 0.15) is 17.7 Å². The van der Waals surface area contributed by atoms with Crippen LogP contribution >= 0.6 is 0 Å². The van der Waals surface area contributed by atoms with Gasteiger partial charge >= 0.3 is 5.97 Å². The van der Waals surface area contributed by atoms with Gasteiger partial charge in [-0.25, -0.2) is 8.78 Å². The molecule has 0 aliphatic heterocycles. The zero-order valence-electron chi connectivity index (χ0n) is 9.11. The zero-order valence-corrected chi connectivity index (χ0v) is 9.11. The average molecular weight is 262 g/mol. The molecule has 0 atom stereocenters. The maximum Gasteiger partial charge on any atom is 0.311 e. The number of nitro groups is 1. The monoisotopic (exact) mass is 262 g/mol. The number of aromatic amines is 1. The molecule has 1 rings (SSSR count). The topological polar surface area (TPSA) is 102 Å². The van der Waals surface area contributed by atoms with Gasteiger partial charge in [0.05, 0.1) is 18.5 Å². The minimum atomic E-state index is -3.28. The summed E-state index contributed by atoms with van der Waals surface area (Å²) in [5.41, 5.74) is -3.71. The van der Waals surface area contributed by atoms with E-state index in [-0.39, 0.29) is 5.69 Å². The first kappa shape index (κ1) is 13.7. The first-order chi connectivity index (χ1) is 8.36. The molecule has 0 saturated carbocycles. The predicted octanol–water partition coefficient (Wildman–Crippen LogP) is 0.936. The van der Waals surface area contributed by atoms with Crippen molar-refractivity contribution in [3.63, 3.8) is 0 Å². The number of alkyl halides is 2. The second-order valence-electron chi connectivity index (χ2n) is 3.23. The molecule has 0 bridgehead atoms. The highest BCUT2D eigenvalue weighted by Crippen LogP contribution is 2.25. The van der Waals surface area contributed by atoms with Gasteiger partial charge in [0.1, 0.15) is 0 Å². The summed E-state index contributed by atoms with van der Waals surface area (Å²) in [6.07, 6.45) is -3.72. The van der Waals surface area contributed by atoms with Crippen molar-refractivity contribution in [2.45, 2.75) is 12.8 Å². The first-order valence-electron chi connectivity index (χ1n) is 4.62. The van der Waals surface area contributed by atoms with E-state index in [1.165, 1.54) is 0 Å². The van der Waals surface area contributed by atoms with Gasteiger partial charge in [0, 0.05) is 11.8 Å². The van der Waals surface area contributed by atoms with Crippen molar-refractivity contribution in [1.29, 1.82) is 0 Å². The predicted molar refractivity (Wildman–Crippen MR) is 54.4 cm³/mol. The number of nitrogens with one attached hydrogen (secondary N) is 1. The Labute approximate surface area is 98.5 Å². The molecular weight excluding hydrogens is 254 g/mol. The van der Waals surface area contributed by atoms with Crippen molar-refractivity contribution in [1.82, 2.24) is 4.98 Å². The number of methoxy groups -OCH3 is 1. The fraction of sp³-hybridized carbons (Fsp3) is 0.333. The van der Waals surface area contributed by atoms with E-state index in [0.29, 0.717) is 0 Å². The van der Waals surface area contributed by atoms with Gasteiger partial charge in [0.25, 0.3) is 17.7 Å². The Hall–Kier alpha value is -2.32. The molecule has 9 heteroatoms. The van der Waals surface area contributed by atoms with E-state index in [4.69, 9.17) is 0 Å². The van der Waals surface area contributed by atoms with Gasteiger partial charge in [0.2, 0.25) is 0 Å². The minimum absolute atomic E-state index is 0.164. The smallest absolute Gasteiger partial charge is 0.311 e. The van der Waals surface area contributed by atoms with Gasteiger partial charge < -0.3 is 9.72 Å². The summed E-state index contributed by atoms with van der Waals surface area (Å²) in [5, 5.41) is 10.6. The van der Waals surface area contributed by atoms with Crippen LogP contribution in [0.5, 0.6) is 0 Å². The second kappa shape index (κ2) is 5.34. The Kier molecular flexibility index (Phi) is 4.08. The number of aromatic nitrogens is 1. The Balaban J connectivity index is 3.32. The van der Waals surface area contributed by atoms with Crippen LogP contribution in [-0.2, 0) is 16.0 Å². The first-order valence-corrected chi connectivity index (χ1v) is 4.62. The highest BCUT2D eigenvalue weighted by molar-refractivity contribution is 5.72. The lowest BCUT2D eigenvalue weighted by atomic mass is 10.2. The molecule has 0 radical (unpaired) electrons. The van der Waals surface area contributed by atoms with Crippen LogP contribution in [0.3, 0.4) is 0 Å². The summed E-state index contributed by atoms with van der Waals surface area (Å²) in [4.78, 5) is 33.7. The molecule has 7 nitrogen and oxygen atoms in total. The maximum atomic E-state index is 12.5. The Morgan fingerprint density at radius 1 is 1.61 bits per heavy atom. The molecule has 0 unspecified atom stereocenters. The van der Waals surface area contributed by atoms with Gasteiger partial charge in [-0.1, -0.05) is 0 Å². The molecule has 0 aliphatic carbocycles. The summed E-state index contributed by atoms with van der Waals surface area (Å²) in [6, 6.07) is 0.722. The fourth-order valence-electron chi connectivity index (χ4n) is 1.29. The van der Waals surface area contributed by atoms with E-state index < -0.39 is 40.5 Å². The molecule has 0 aliphatic rings. The summed E-state index contributed by atoms with van der Waals surface area (Å²) < 4.78 is 29.3. The number of esters is 1. The van der Waals surface area contributed by atoms with E-state index in [9.17, 15) is 28.5 Å². The van der Waals surface area contributed by atoms with E-state index >= 15 is 0 Å². The van der Waals surface area contributed by atoms with Crippen LogP contribution in [0.2, 0.25) is 0 Å². The quantitative estimate of drug-likeness (QED) is 0.494. The third-order valence-corrected chi connectivity index (χ3v) is 2.08. The zero-order chi connectivity index (χ0) is 13.9. The Morgan fingerprint density at radius 3 is 2.67 bits per heavy atom. The second-order valence-corrected chi connectivity index (χ2v) is 3.23. The fourth-order valence-corrected chi connectivity index (χ4v) is 1.29. The van der Waals surface area contributed by atoms with Crippen molar-refractivity contribution in [3.05, 3.63) is 37.8 Å². The summed E-state index contributed by atoms with van der Waals surface area (Å²) in [5.74, 6) is -0.759. The molecule has 0 aromatic carbocycles. The lowest BCUT2D eigenvalue weighted by Crippen LogP contribution is -2.19. The summed E-state index contributed by atoms with van der Waals surface area (Å²) >= 11 is 0. The molecule has 18 heavy (non-hydrogen) atoms. The van der Waals surface area contributed by atoms with E-state index in [0.717, 1.165) is 13.2 Å². The highest BCUT2D eigenvalue weighted by atomic mass is 19.3. The van der Waals surface area contributed by atoms with Gasteiger partial charge in [-0.2, -0.15) is 0 Å². The van der Waals surface area contributed by atoms with Crippen LogP contribution in [0.25, 0.3) is 0 Å². The van der Waals surface area contributed by atoms with Crippen LogP contribution in [0.4, 0.5) is 14.5 Å². The minimum Gasteiger partial charge on any atom is -0.469 e. The number of halogens is 2. The van der Waals surface area contributed by atoms with Crippen molar-refractivity contribution in [3.8, 4) is 0 Å². The number of hydrogen-bond acceptors (Lipinski definition) is 5. The SMILES string of the molecule is COC(=O)Cc1cc([N+](=O)[O-])c(C(F)F)c(=O)[nH]1. The molecule has 1 aromatic rings. The molecule has 98 valence electrons. The van der Waals surface area contributed by atoms with Gasteiger partial charge in [0.15, 0.2) is 5.56 Å². The van der Waals surface area contributed by atoms with Gasteiger partial charge in [-0.15, -0.1) is 0 Å². The van der Waals surface area contributed by atoms with Crippen molar-refractivity contribution in [2.75, 3.05) is 7.11 Å². The summed E-state index contributed by atoms with van der Waals surface area (Å²) in [6.45, 7) is 0. The molecule has 0 fully saturated rings. The van der Waals surface area contributed by atoms with Crippen LogP contribution < -0.4 is 5.56 Å². The molecule has 0 amide bonds. The van der Waals surface area contributed by atoms with Crippen LogP contribution in [0, 0.1) is 10.1 Å². The van der Waals surface area contributed by atoms with Crippen LogP contribution in [-0.4, -0.2) is 23.0 Å². The number of nitrogens with zero attached hydrogens (tertiary/aromatic N) is 1. The van der Waals surface area contributed by atoms with E-state index in [2.05, 4.69) is 4.74 Å². The molecule has 1 N–H and O–H groups in total. The molecule has 1 aromatic heterocycles. The number of carbonyl (C=O) groups excluding carboxylic acids is 1. The number of hydrogen-bond donors (Lipinski definition) is 1. The number of rotatable bonds is 4. The third-order valence-electron chi connectivity index (χ3n) is 2.08. The Morgan fingerprint density at radius 2 is 2.22 bits per heavy atom. The largest absolute Gasteiger partial charge is 0.469 e. The maximum absolute atomic E-state index is 12.5.